The summed E-state index contributed by atoms with van der Waals surface area (Å²) in [7, 11) is 0. The van der Waals surface area contributed by atoms with Gasteiger partial charge in [-0.05, 0) is 51.4 Å². The molecule has 0 aromatic carbocycles. The van der Waals surface area contributed by atoms with E-state index in [0.717, 1.165) is 61.3 Å². The molecule has 0 radical (unpaired) electrons. The normalized spacial score (nSPS) is 11.8. The smallest absolute Gasteiger partial charge is 0.102 e. The van der Waals surface area contributed by atoms with Gasteiger partial charge in [-0.1, -0.05) is 490 Å². The molecule has 8 heteroatoms. The van der Waals surface area contributed by atoms with Crippen LogP contribution in [0.25, 0.3) is 0 Å². The Kier molecular flexibility index (Phi) is 107. The zero-order chi connectivity index (χ0) is 74.1. The summed E-state index contributed by atoms with van der Waals surface area (Å²) in [4.78, 5) is 0. The van der Waals surface area contributed by atoms with Gasteiger partial charge in [0.25, 0.3) is 0 Å². The van der Waals surface area contributed by atoms with Gasteiger partial charge in [-0.25, -0.2) is 0 Å². The minimum atomic E-state index is 0. The van der Waals surface area contributed by atoms with Crippen LogP contribution in [0.3, 0.4) is 0 Å². The summed E-state index contributed by atoms with van der Waals surface area (Å²) in [6, 6.07) is 0. The van der Waals surface area contributed by atoms with Gasteiger partial charge in [0.05, 0.1) is 52.6 Å². The third kappa shape index (κ3) is 89.9. The Morgan fingerprint density at radius 1 is 0.115 bits per heavy atom. The van der Waals surface area contributed by atoms with E-state index in [1.165, 1.54) is 514 Å². The number of quaternary nitrogens is 2. The van der Waals surface area contributed by atoms with Gasteiger partial charge >= 0.3 is 0 Å². The molecule has 4 N–H and O–H groups in total. The molecule has 0 aromatic rings. The maximum absolute atomic E-state index is 9.86. The van der Waals surface area contributed by atoms with Gasteiger partial charge in [-0.3, -0.25) is 0 Å². The van der Waals surface area contributed by atoms with E-state index in [1.807, 2.05) is 0 Å². The van der Waals surface area contributed by atoms with E-state index in [0.29, 0.717) is 0 Å². The summed E-state index contributed by atoms with van der Waals surface area (Å²) < 4.78 is 1.87. The molecule has 0 saturated heterocycles. The molecule has 0 unspecified atom stereocenters. The second-order valence-electron chi connectivity index (χ2n) is 34.2. The Bertz CT molecular complexity index is 1230. The van der Waals surface area contributed by atoms with E-state index < -0.39 is 0 Å². The molecule has 0 rings (SSSR count). The number of unbranched alkanes of at least 4 members (excludes halogenated alkanes) is 76. The molecule has 6 nitrogen and oxygen atoms in total. The molecule has 0 spiro atoms. The molecule has 0 heterocycles. The van der Waals surface area contributed by atoms with Gasteiger partial charge < -0.3 is 63.4 Å². The van der Waals surface area contributed by atoms with E-state index in [9.17, 15) is 20.4 Å². The molecule has 0 aliphatic carbocycles. The van der Waals surface area contributed by atoms with Crippen LogP contribution in [-0.2, 0) is 0 Å². The van der Waals surface area contributed by atoms with Crippen molar-refractivity contribution >= 4 is 0 Å². The molecular weight excluding hydrogens is 1400 g/mol. The topological polar surface area (TPSA) is 80.9 Å². The minimum Gasteiger partial charge on any atom is -1.00 e. The molecule has 0 aromatic heterocycles. The summed E-state index contributed by atoms with van der Waals surface area (Å²) >= 11 is 0. The molecule has 0 fully saturated rings. The van der Waals surface area contributed by atoms with E-state index in [4.69, 9.17) is 0 Å². The van der Waals surface area contributed by atoms with Crippen LogP contribution in [0.1, 0.15) is 541 Å². The summed E-state index contributed by atoms with van der Waals surface area (Å²) in [5, 5.41) is 39.4. The fraction of sp³-hybridized carbons (Fsp3) is 1.00. The predicted octanol–water partition coefficient (Wildman–Crippen LogP) is 24.9. The molecule has 632 valence electrons. The monoisotopic (exact) mass is 1600 g/mol. The number of hydrogen-bond donors (Lipinski definition) is 4. The quantitative estimate of drug-likeness (QED) is 0.0361. The van der Waals surface area contributed by atoms with Crippen molar-refractivity contribution in [2.45, 2.75) is 541 Å². The highest BCUT2D eigenvalue weighted by Gasteiger charge is 2.27. The van der Waals surface area contributed by atoms with Crippen molar-refractivity contribution in [3.63, 3.8) is 0 Å². The summed E-state index contributed by atoms with van der Waals surface area (Å²) in [6.45, 7) is 18.0. The van der Waals surface area contributed by atoms with Crippen LogP contribution in [0.4, 0.5) is 0 Å². The third-order valence-electron chi connectivity index (χ3n) is 24.2. The number of nitrogens with zero attached hydrogens (tertiary/aromatic N) is 2. The van der Waals surface area contributed by atoms with E-state index in [1.54, 1.807) is 0 Å². The lowest BCUT2D eigenvalue weighted by molar-refractivity contribution is -0.929. The zero-order valence-corrected chi connectivity index (χ0v) is 75.7. The van der Waals surface area contributed by atoms with Crippen LogP contribution < -0.4 is 34.0 Å². The summed E-state index contributed by atoms with van der Waals surface area (Å²) in [5.74, 6) is 0. The molecule has 0 aliphatic rings. The minimum absolute atomic E-state index is 0. The fourth-order valence-electron chi connectivity index (χ4n) is 17.0. The maximum atomic E-state index is 9.86. The lowest BCUT2D eigenvalue weighted by Crippen LogP contribution is -3.00. The summed E-state index contributed by atoms with van der Waals surface area (Å²) in [5.41, 5.74) is 0. The van der Waals surface area contributed by atoms with Crippen LogP contribution >= 0.6 is 0 Å². The Morgan fingerprint density at radius 2 is 0.192 bits per heavy atom. The van der Waals surface area contributed by atoms with Gasteiger partial charge in [0, 0.05) is 0 Å². The number of halogens is 2. The Balaban J connectivity index is -0.000000943. The molecule has 0 saturated carbocycles. The van der Waals surface area contributed by atoms with Gasteiger partial charge in [0.2, 0.25) is 0 Å². The van der Waals surface area contributed by atoms with E-state index >= 15 is 0 Å². The van der Waals surface area contributed by atoms with Crippen molar-refractivity contribution in [3.05, 3.63) is 0 Å². The van der Waals surface area contributed by atoms with Crippen LogP contribution in [-0.4, -0.2) is 108 Å². The van der Waals surface area contributed by atoms with E-state index in [-0.39, 0.29) is 60.4 Å². The highest BCUT2D eigenvalue weighted by Crippen LogP contribution is 2.23. The first-order chi connectivity index (χ1) is 50.5. The molecule has 104 heavy (non-hydrogen) atoms. The first kappa shape index (κ1) is 111. The van der Waals surface area contributed by atoms with Crippen LogP contribution in [0.15, 0.2) is 0 Å². The standard InChI is InChI=1S/2C48H100NO2.2BrH/c2*1-3-5-7-9-11-13-15-17-19-21-23-25-27-29-31-33-35-37-39-41-43-49(45-47-50,46-48-51)44-42-40-38-36-34-32-30-28-26-24-22-20-18-16-14-12-10-8-6-4-2;;/h2*50-51H,3-48H2,1-2H3;2*1H/q2*+1;;/p-2. The molecule has 0 bridgehead atoms. The van der Waals surface area contributed by atoms with Crippen molar-refractivity contribution in [2.75, 3.05) is 78.8 Å². The number of rotatable bonds is 92. The Morgan fingerprint density at radius 3 is 0.269 bits per heavy atom. The molecule has 0 amide bonds. The van der Waals surface area contributed by atoms with Crippen molar-refractivity contribution in [3.8, 4) is 0 Å². The highest BCUT2D eigenvalue weighted by molar-refractivity contribution is 4.59. The molecule has 0 atom stereocenters. The number of hydrogen-bond acceptors (Lipinski definition) is 4. The van der Waals surface area contributed by atoms with Crippen molar-refractivity contribution in [1.82, 2.24) is 0 Å². The number of aliphatic hydroxyl groups is 4. The first-order valence-electron chi connectivity index (χ1n) is 48.6. The SMILES string of the molecule is CCCCCCCCCCCCCCCCCCCCCC[N+](CCO)(CCO)CCCCCCCCCCCCCCCCCCCCCC.CCCCCCCCCCCCCCCCCCCCCC[N+](CCO)(CCO)CCCCCCCCCCCCCCCCCCCCCC.[Br-].[Br-]. The van der Waals surface area contributed by atoms with Crippen LogP contribution in [0.2, 0.25) is 0 Å². The largest absolute Gasteiger partial charge is 1.00 e. The van der Waals surface area contributed by atoms with Gasteiger partial charge in [0.15, 0.2) is 0 Å². The van der Waals surface area contributed by atoms with Crippen molar-refractivity contribution < 1.29 is 63.4 Å². The van der Waals surface area contributed by atoms with Gasteiger partial charge in [-0.2, -0.15) is 0 Å². The lowest BCUT2D eigenvalue weighted by atomic mass is 10.0. The van der Waals surface area contributed by atoms with Crippen LogP contribution in [0.5, 0.6) is 0 Å². The van der Waals surface area contributed by atoms with Crippen molar-refractivity contribution in [2.24, 2.45) is 0 Å². The van der Waals surface area contributed by atoms with Crippen molar-refractivity contribution in [1.29, 1.82) is 0 Å². The lowest BCUT2D eigenvalue weighted by Gasteiger charge is -2.38. The Hall–Kier alpha value is 0.720. The van der Waals surface area contributed by atoms with E-state index in [2.05, 4.69) is 27.7 Å². The summed E-state index contributed by atoms with van der Waals surface area (Å²) in [6.07, 6.45) is 114. The maximum Gasteiger partial charge on any atom is 0.102 e. The van der Waals surface area contributed by atoms with Gasteiger partial charge in [-0.15, -0.1) is 0 Å². The van der Waals surface area contributed by atoms with Crippen LogP contribution in [0, 0.1) is 0 Å². The zero-order valence-electron chi connectivity index (χ0n) is 72.5. The highest BCUT2D eigenvalue weighted by atomic mass is 79.9. The number of aliphatic hydroxyl groups excluding tert-OH is 4. The average Bonchev–Trinajstić information content (AvgIpc) is 0.887. The second kappa shape index (κ2) is 99.8. The fourth-order valence-corrected chi connectivity index (χ4v) is 17.0. The third-order valence-corrected chi connectivity index (χ3v) is 24.2. The average molecular weight is 1610 g/mol. The Labute approximate surface area is 679 Å². The predicted molar refractivity (Wildman–Crippen MR) is 460 cm³/mol. The van der Waals surface area contributed by atoms with Gasteiger partial charge in [0.1, 0.15) is 26.2 Å². The first-order valence-corrected chi connectivity index (χ1v) is 48.6. The molecular formula is C96H200Br2N2O4. The second-order valence-corrected chi connectivity index (χ2v) is 34.2. The molecule has 0 aliphatic heterocycles.